The molecule has 0 spiro atoms. The fraction of sp³-hybridized carbons (Fsp3) is 0.429. The Balaban J connectivity index is 1.31. The molecule has 5 rings (SSSR count). The highest BCUT2D eigenvalue weighted by Crippen LogP contribution is 2.28. The molecule has 2 aliphatic rings. The molecule has 12 heteroatoms. The average molecular weight is 643 g/mol. The van der Waals surface area contributed by atoms with Crippen molar-refractivity contribution in [2.45, 2.75) is 76.0 Å². The van der Waals surface area contributed by atoms with Crippen LogP contribution in [-0.2, 0) is 25.6 Å². The van der Waals surface area contributed by atoms with E-state index in [4.69, 9.17) is 5.73 Å². The van der Waals surface area contributed by atoms with E-state index in [2.05, 4.69) is 20.5 Å². The molecular formula is C35H42N6O6. The highest BCUT2D eigenvalue weighted by molar-refractivity contribution is 6.03. The summed E-state index contributed by atoms with van der Waals surface area (Å²) in [5, 5.41) is 6.42. The monoisotopic (exact) mass is 642 g/mol. The summed E-state index contributed by atoms with van der Waals surface area (Å²) in [6, 6.07) is 13.4. The second kappa shape index (κ2) is 14.7. The van der Waals surface area contributed by atoms with Crippen LogP contribution in [0.25, 0.3) is 10.9 Å². The average Bonchev–Trinajstić information content (AvgIpc) is 3.67. The van der Waals surface area contributed by atoms with Crippen LogP contribution in [0.2, 0.25) is 0 Å². The van der Waals surface area contributed by atoms with Crippen molar-refractivity contribution >= 4 is 46.1 Å². The quantitative estimate of drug-likeness (QED) is 0.219. The molecule has 2 fully saturated rings. The zero-order valence-electron chi connectivity index (χ0n) is 26.8. The summed E-state index contributed by atoms with van der Waals surface area (Å²) < 4.78 is 0. The van der Waals surface area contributed by atoms with Crippen LogP contribution in [0.1, 0.15) is 71.9 Å². The Bertz CT molecular complexity index is 1670. The third kappa shape index (κ3) is 8.12. The van der Waals surface area contributed by atoms with E-state index in [1.165, 1.54) is 6.92 Å². The van der Waals surface area contributed by atoms with Gasteiger partial charge in [0, 0.05) is 48.4 Å². The van der Waals surface area contributed by atoms with Crippen molar-refractivity contribution in [3.05, 3.63) is 71.4 Å². The number of Topliss-reactive ketones (excluding diaryl/α,β-unsaturated/α-hetero) is 2. The van der Waals surface area contributed by atoms with Crippen LogP contribution in [0.4, 0.5) is 0 Å². The molecule has 3 aromatic rings. The van der Waals surface area contributed by atoms with Crippen molar-refractivity contribution in [3.8, 4) is 0 Å². The van der Waals surface area contributed by atoms with Crippen molar-refractivity contribution in [2.24, 2.45) is 5.73 Å². The highest BCUT2D eigenvalue weighted by Gasteiger charge is 2.45. The topological polar surface area (TPSA) is 175 Å². The molecule has 12 nitrogen and oxygen atoms in total. The summed E-state index contributed by atoms with van der Waals surface area (Å²) in [5.41, 5.74) is 7.82. The van der Waals surface area contributed by atoms with Gasteiger partial charge in [-0.1, -0.05) is 30.3 Å². The molecule has 2 aliphatic heterocycles. The minimum absolute atomic E-state index is 0.0681. The molecule has 0 saturated carbocycles. The fourth-order valence-corrected chi connectivity index (χ4v) is 6.56. The Morgan fingerprint density at radius 2 is 1.77 bits per heavy atom. The second-order valence-corrected chi connectivity index (χ2v) is 12.6. The number of likely N-dealkylation sites (N-methyl/N-ethyl adjacent to an activating group) is 1. The normalized spacial score (nSPS) is 20.6. The van der Waals surface area contributed by atoms with Crippen LogP contribution >= 0.6 is 0 Å². The maximum absolute atomic E-state index is 14.1. The lowest BCUT2D eigenvalue weighted by Gasteiger charge is -2.38. The molecule has 0 unspecified atom stereocenters. The molecule has 4 amide bonds. The summed E-state index contributed by atoms with van der Waals surface area (Å²) in [7, 11) is 1.94. The SMILES string of the molecule is CC(=O)c1ccc2[nH]c(C(=O)N[C@H]3CCN(C)C[C@H]4CC[C@@H](C(=O)N[C@@H](CCC(N)=O)C(=O)CCc5ccccc5)N4C3=O)cc2c1. The Kier molecular flexibility index (Phi) is 10.5. The van der Waals surface area contributed by atoms with Gasteiger partial charge < -0.3 is 31.2 Å². The third-order valence-electron chi connectivity index (χ3n) is 9.14. The molecule has 0 aliphatic carbocycles. The van der Waals surface area contributed by atoms with Gasteiger partial charge in [-0.15, -0.1) is 0 Å². The predicted molar refractivity (Wildman–Crippen MR) is 175 cm³/mol. The molecule has 47 heavy (non-hydrogen) atoms. The number of rotatable bonds is 12. The Morgan fingerprint density at radius 1 is 1.00 bits per heavy atom. The maximum atomic E-state index is 14.1. The van der Waals surface area contributed by atoms with Crippen LogP contribution in [0.15, 0.2) is 54.6 Å². The molecule has 5 N–H and O–H groups in total. The molecule has 248 valence electrons. The number of nitrogens with two attached hydrogens (primary N) is 1. The molecule has 4 atom stereocenters. The number of benzene rings is 2. The van der Waals surface area contributed by atoms with E-state index in [1.54, 1.807) is 29.2 Å². The summed E-state index contributed by atoms with van der Waals surface area (Å²) >= 11 is 0. The number of hydrogen-bond acceptors (Lipinski definition) is 7. The third-order valence-corrected chi connectivity index (χ3v) is 9.14. The number of carbonyl (C=O) groups excluding carboxylic acids is 6. The summed E-state index contributed by atoms with van der Waals surface area (Å²) in [5.74, 6) is -2.16. The van der Waals surface area contributed by atoms with Gasteiger partial charge >= 0.3 is 0 Å². The van der Waals surface area contributed by atoms with E-state index < -0.39 is 35.8 Å². The Labute approximate surface area is 273 Å². The molecule has 3 heterocycles. The van der Waals surface area contributed by atoms with Gasteiger partial charge in [-0.3, -0.25) is 28.8 Å². The zero-order valence-corrected chi connectivity index (χ0v) is 26.8. The smallest absolute Gasteiger partial charge is 0.268 e. The number of aromatic nitrogens is 1. The van der Waals surface area contributed by atoms with E-state index in [-0.39, 0.29) is 48.5 Å². The van der Waals surface area contributed by atoms with Gasteiger partial charge in [0.2, 0.25) is 17.7 Å². The Hall–Kier alpha value is -4.84. The highest BCUT2D eigenvalue weighted by atomic mass is 16.2. The lowest BCUT2D eigenvalue weighted by atomic mass is 9.99. The first-order chi connectivity index (χ1) is 22.5. The summed E-state index contributed by atoms with van der Waals surface area (Å²) in [6.07, 6.45) is 1.99. The standard InChI is InChI=1S/C35H42N6O6/c1-21(42)23-9-11-26-24(18-23)19-29(37-26)33(45)39-28-16-17-40(2)20-25-10-13-30(41(25)35(28)47)34(46)38-27(12-15-32(36)44)31(43)14-8-22-6-4-3-5-7-22/h3-7,9,11,18-19,25,27-28,30,37H,8,10,12-17,20H2,1-2H3,(H2,36,44)(H,38,46)(H,39,45)/t25-,27+,28+,30+/m1/s1. The number of aromatic amines is 1. The minimum atomic E-state index is -0.925. The van der Waals surface area contributed by atoms with E-state index in [0.717, 1.165) is 5.56 Å². The maximum Gasteiger partial charge on any atom is 0.268 e. The van der Waals surface area contributed by atoms with Crippen molar-refractivity contribution < 1.29 is 28.8 Å². The van der Waals surface area contributed by atoms with Crippen LogP contribution < -0.4 is 16.4 Å². The van der Waals surface area contributed by atoms with Gasteiger partial charge in [0.1, 0.15) is 17.8 Å². The van der Waals surface area contributed by atoms with E-state index in [9.17, 15) is 28.8 Å². The molecule has 0 bridgehead atoms. The second-order valence-electron chi connectivity index (χ2n) is 12.6. The predicted octanol–water partition coefficient (Wildman–Crippen LogP) is 2.12. The molecule has 0 radical (unpaired) electrons. The van der Waals surface area contributed by atoms with Gasteiger partial charge in [0.15, 0.2) is 11.6 Å². The number of fused-ring (bicyclic) bond motifs is 2. The zero-order chi connectivity index (χ0) is 33.7. The van der Waals surface area contributed by atoms with Crippen molar-refractivity contribution in [2.75, 3.05) is 20.1 Å². The van der Waals surface area contributed by atoms with Gasteiger partial charge in [-0.05, 0) is 75.9 Å². The van der Waals surface area contributed by atoms with Crippen molar-refractivity contribution in [1.29, 1.82) is 0 Å². The van der Waals surface area contributed by atoms with Crippen LogP contribution in [0.5, 0.6) is 0 Å². The fourth-order valence-electron chi connectivity index (χ4n) is 6.56. The van der Waals surface area contributed by atoms with E-state index in [1.807, 2.05) is 37.4 Å². The van der Waals surface area contributed by atoms with Crippen LogP contribution in [0, 0.1) is 0 Å². The van der Waals surface area contributed by atoms with Gasteiger partial charge in [-0.2, -0.15) is 0 Å². The number of H-pyrrole nitrogens is 1. The Morgan fingerprint density at radius 3 is 2.49 bits per heavy atom. The van der Waals surface area contributed by atoms with Crippen LogP contribution in [0.3, 0.4) is 0 Å². The van der Waals surface area contributed by atoms with Gasteiger partial charge in [0.25, 0.3) is 5.91 Å². The van der Waals surface area contributed by atoms with Crippen LogP contribution in [-0.4, -0.2) is 94.3 Å². The lowest BCUT2D eigenvalue weighted by molar-refractivity contribution is -0.143. The number of ketones is 2. The van der Waals surface area contributed by atoms with E-state index >= 15 is 0 Å². The number of amides is 4. The molecule has 2 saturated heterocycles. The van der Waals surface area contributed by atoms with E-state index in [0.29, 0.717) is 55.2 Å². The largest absolute Gasteiger partial charge is 0.370 e. The molecule has 1 aromatic heterocycles. The van der Waals surface area contributed by atoms with Gasteiger partial charge in [-0.25, -0.2) is 0 Å². The first-order valence-corrected chi connectivity index (χ1v) is 16.1. The number of nitrogens with zero attached hydrogens (tertiary/aromatic N) is 2. The first kappa shape index (κ1) is 33.5. The summed E-state index contributed by atoms with van der Waals surface area (Å²) in [6.45, 7) is 2.61. The molecular weight excluding hydrogens is 600 g/mol. The number of primary amides is 1. The lowest BCUT2D eigenvalue weighted by Crippen LogP contribution is -2.60. The first-order valence-electron chi connectivity index (χ1n) is 16.1. The number of hydrogen-bond donors (Lipinski definition) is 4. The van der Waals surface area contributed by atoms with Crippen molar-refractivity contribution in [3.63, 3.8) is 0 Å². The van der Waals surface area contributed by atoms with Gasteiger partial charge in [0.05, 0.1) is 6.04 Å². The number of carbonyl (C=O) groups is 6. The number of aryl methyl sites for hydroxylation is 1. The van der Waals surface area contributed by atoms with Crippen molar-refractivity contribution in [1.82, 2.24) is 25.4 Å². The molecule has 2 aromatic carbocycles. The number of nitrogens with one attached hydrogen (secondary N) is 3. The minimum Gasteiger partial charge on any atom is -0.370 e. The summed E-state index contributed by atoms with van der Waals surface area (Å²) in [4.78, 5) is 84.7.